The van der Waals surface area contributed by atoms with Crippen molar-refractivity contribution in [1.29, 1.82) is 0 Å². The van der Waals surface area contributed by atoms with Gasteiger partial charge in [0.25, 0.3) is 5.91 Å². The lowest BCUT2D eigenvalue weighted by molar-refractivity contribution is -0.118. The van der Waals surface area contributed by atoms with Gasteiger partial charge in [0.15, 0.2) is 6.61 Å². The molecule has 0 fully saturated rings. The van der Waals surface area contributed by atoms with Crippen LogP contribution in [0.3, 0.4) is 0 Å². The number of carbonyl (C=O) groups excluding carboxylic acids is 1. The van der Waals surface area contributed by atoms with Crippen molar-refractivity contribution in [3.63, 3.8) is 0 Å². The topological polar surface area (TPSA) is 69.0 Å². The van der Waals surface area contributed by atoms with E-state index in [-0.39, 0.29) is 12.5 Å². The molecule has 0 unspecified atom stereocenters. The summed E-state index contributed by atoms with van der Waals surface area (Å²) < 4.78 is 7.37. The highest BCUT2D eigenvalue weighted by molar-refractivity contribution is 5.92. The number of rotatable bonds is 5. The molecular formula is C20H16N4O2. The fourth-order valence-electron chi connectivity index (χ4n) is 2.61. The lowest BCUT2D eigenvalue weighted by atomic mass is 10.1. The number of pyridine rings is 1. The second-order valence-electron chi connectivity index (χ2n) is 5.72. The van der Waals surface area contributed by atoms with Gasteiger partial charge in [-0.1, -0.05) is 30.3 Å². The van der Waals surface area contributed by atoms with Crippen LogP contribution in [0, 0.1) is 0 Å². The zero-order chi connectivity index (χ0) is 17.8. The van der Waals surface area contributed by atoms with E-state index in [0.717, 1.165) is 16.6 Å². The Kier molecular flexibility index (Phi) is 4.30. The Morgan fingerprint density at radius 1 is 1.08 bits per heavy atom. The fourth-order valence-corrected chi connectivity index (χ4v) is 2.61. The molecule has 0 atom stereocenters. The van der Waals surface area contributed by atoms with Crippen molar-refractivity contribution in [2.24, 2.45) is 0 Å². The molecule has 2 aromatic heterocycles. The molecule has 4 aromatic rings. The van der Waals surface area contributed by atoms with Crippen LogP contribution in [0.5, 0.6) is 5.75 Å². The number of nitrogens with one attached hydrogen (secondary N) is 1. The van der Waals surface area contributed by atoms with Gasteiger partial charge in [-0.3, -0.25) is 9.36 Å². The molecule has 6 heteroatoms. The molecule has 0 radical (unpaired) electrons. The Balaban J connectivity index is 1.36. The number of anilines is 1. The zero-order valence-electron chi connectivity index (χ0n) is 13.9. The summed E-state index contributed by atoms with van der Waals surface area (Å²) in [5, 5.41) is 4.98. The maximum Gasteiger partial charge on any atom is 0.262 e. The summed E-state index contributed by atoms with van der Waals surface area (Å²) in [6, 6.07) is 17.4. The van der Waals surface area contributed by atoms with E-state index in [0.29, 0.717) is 11.4 Å². The number of imidazole rings is 1. The number of benzene rings is 2. The SMILES string of the molecule is O=C(COc1ccc2ccccc2c1)Nc1ccc(-n2ccnc2)nc1. The van der Waals surface area contributed by atoms with E-state index in [9.17, 15) is 4.79 Å². The van der Waals surface area contributed by atoms with Gasteiger partial charge in [-0.2, -0.15) is 0 Å². The summed E-state index contributed by atoms with van der Waals surface area (Å²) in [7, 11) is 0. The summed E-state index contributed by atoms with van der Waals surface area (Å²) in [6.45, 7) is -0.0678. The van der Waals surface area contributed by atoms with Crippen molar-refractivity contribution < 1.29 is 9.53 Å². The van der Waals surface area contributed by atoms with Crippen molar-refractivity contribution in [2.45, 2.75) is 0 Å². The Labute approximate surface area is 150 Å². The summed E-state index contributed by atoms with van der Waals surface area (Å²) >= 11 is 0. The van der Waals surface area contributed by atoms with Gasteiger partial charge in [0.05, 0.1) is 11.9 Å². The second-order valence-corrected chi connectivity index (χ2v) is 5.72. The Bertz CT molecular complexity index is 1030. The lowest BCUT2D eigenvalue weighted by Crippen LogP contribution is -2.20. The Morgan fingerprint density at radius 2 is 1.96 bits per heavy atom. The number of hydrogen-bond acceptors (Lipinski definition) is 4. The molecule has 2 aromatic carbocycles. The van der Waals surface area contributed by atoms with Crippen LogP contribution in [0.4, 0.5) is 5.69 Å². The maximum absolute atomic E-state index is 12.1. The van der Waals surface area contributed by atoms with E-state index in [1.165, 1.54) is 0 Å². The van der Waals surface area contributed by atoms with Crippen LogP contribution in [0.2, 0.25) is 0 Å². The van der Waals surface area contributed by atoms with E-state index in [4.69, 9.17) is 4.74 Å². The average molecular weight is 344 g/mol. The molecule has 0 spiro atoms. The molecule has 0 bridgehead atoms. The third-order valence-corrected chi connectivity index (χ3v) is 3.89. The van der Waals surface area contributed by atoms with Gasteiger partial charge >= 0.3 is 0 Å². The van der Waals surface area contributed by atoms with Crippen molar-refractivity contribution in [1.82, 2.24) is 14.5 Å². The molecule has 4 rings (SSSR count). The number of ether oxygens (including phenoxy) is 1. The van der Waals surface area contributed by atoms with Crippen LogP contribution in [0.15, 0.2) is 79.5 Å². The van der Waals surface area contributed by atoms with Gasteiger partial charge in [0.2, 0.25) is 0 Å². The van der Waals surface area contributed by atoms with Crippen molar-refractivity contribution in [3.8, 4) is 11.6 Å². The molecule has 1 amide bonds. The Morgan fingerprint density at radius 3 is 2.73 bits per heavy atom. The summed E-state index contributed by atoms with van der Waals surface area (Å²) in [5.41, 5.74) is 0.612. The molecule has 26 heavy (non-hydrogen) atoms. The van der Waals surface area contributed by atoms with Crippen molar-refractivity contribution in [2.75, 3.05) is 11.9 Å². The first-order valence-corrected chi connectivity index (χ1v) is 8.14. The van der Waals surface area contributed by atoms with E-state index in [1.54, 1.807) is 35.6 Å². The van der Waals surface area contributed by atoms with Gasteiger partial charge in [0, 0.05) is 12.4 Å². The highest BCUT2D eigenvalue weighted by Crippen LogP contribution is 2.20. The van der Waals surface area contributed by atoms with Crippen molar-refractivity contribution >= 4 is 22.4 Å². The van der Waals surface area contributed by atoms with Crippen LogP contribution < -0.4 is 10.1 Å². The first-order valence-electron chi connectivity index (χ1n) is 8.14. The Hall–Kier alpha value is -3.67. The van der Waals surface area contributed by atoms with Crippen LogP contribution >= 0.6 is 0 Å². The van der Waals surface area contributed by atoms with Crippen LogP contribution in [0.25, 0.3) is 16.6 Å². The van der Waals surface area contributed by atoms with Gasteiger partial charge < -0.3 is 10.1 Å². The fraction of sp³-hybridized carbons (Fsp3) is 0.0500. The number of carbonyl (C=O) groups is 1. The largest absolute Gasteiger partial charge is 0.484 e. The zero-order valence-corrected chi connectivity index (χ0v) is 13.9. The second kappa shape index (κ2) is 7.06. The molecule has 1 N–H and O–H groups in total. The first kappa shape index (κ1) is 15.8. The van der Waals surface area contributed by atoms with E-state index in [2.05, 4.69) is 15.3 Å². The summed E-state index contributed by atoms with van der Waals surface area (Å²) in [5.74, 6) is 1.15. The highest BCUT2D eigenvalue weighted by Gasteiger charge is 2.05. The number of aromatic nitrogens is 3. The number of nitrogens with zero attached hydrogens (tertiary/aromatic N) is 3. The normalized spacial score (nSPS) is 10.6. The van der Waals surface area contributed by atoms with E-state index >= 15 is 0 Å². The highest BCUT2D eigenvalue weighted by atomic mass is 16.5. The quantitative estimate of drug-likeness (QED) is 0.602. The minimum atomic E-state index is -0.240. The average Bonchev–Trinajstić information content (AvgIpc) is 3.22. The van der Waals surface area contributed by atoms with Crippen LogP contribution in [-0.2, 0) is 4.79 Å². The molecule has 0 aliphatic heterocycles. The van der Waals surface area contributed by atoms with Gasteiger partial charge in [0.1, 0.15) is 17.9 Å². The third-order valence-electron chi connectivity index (χ3n) is 3.89. The van der Waals surface area contributed by atoms with E-state index in [1.807, 2.05) is 48.5 Å². The van der Waals surface area contributed by atoms with E-state index < -0.39 is 0 Å². The number of amides is 1. The van der Waals surface area contributed by atoms with Gasteiger partial charge in [-0.15, -0.1) is 0 Å². The van der Waals surface area contributed by atoms with Crippen LogP contribution in [0.1, 0.15) is 0 Å². The molecule has 128 valence electrons. The first-order chi connectivity index (χ1) is 12.8. The molecule has 6 nitrogen and oxygen atoms in total. The lowest BCUT2D eigenvalue weighted by Gasteiger charge is -2.09. The predicted octanol–water partition coefficient (Wildman–Crippen LogP) is 3.44. The minimum Gasteiger partial charge on any atom is -0.484 e. The molecule has 0 saturated carbocycles. The molecule has 0 aliphatic rings. The smallest absolute Gasteiger partial charge is 0.262 e. The van der Waals surface area contributed by atoms with Crippen LogP contribution in [-0.4, -0.2) is 27.0 Å². The standard InChI is InChI=1S/C20H16N4O2/c25-20(13-26-18-7-5-15-3-1-2-4-16(15)11-18)23-17-6-8-19(22-12-17)24-10-9-21-14-24/h1-12,14H,13H2,(H,23,25). The number of hydrogen-bond donors (Lipinski definition) is 1. The van der Waals surface area contributed by atoms with Gasteiger partial charge in [-0.05, 0) is 35.0 Å². The van der Waals surface area contributed by atoms with Gasteiger partial charge in [-0.25, -0.2) is 9.97 Å². The molecule has 0 aliphatic carbocycles. The maximum atomic E-state index is 12.1. The number of fused-ring (bicyclic) bond motifs is 1. The monoisotopic (exact) mass is 344 g/mol. The molecular weight excluding hydrogens is 328 g/mol. The summed E-state index contributed by atoms with van der Waals surface area (Å²) in [6.07, 6.45) is 6.75. The molecule has 0 saturated heterocycles. The predicted molar refractivity (Wildman–Crippen MR) is 99.4 cm³/mol. The molecule has 2 heterocycles. The summed E-state index contributed by atoms with van der Waals surface area (Å²) in [4.78, 5) is 20.4. The minimum absolute atomic E-state index is 0.0678. The van der Waals surface area contributed by atoms with Crippen molar-refractivity contribution in [3.05, 3.63) is 79.5 Å². The third kappa shape index (κ3) is 3.54.